The summed E-state index contributed by atoms with van der Waals surface area (Å²) >= 11 is 0. The first-order valence-electron chi connectivity index (χ1n) is 6.97. The Balaban J connectivity index is 1.93. The number of aryl methyl sites for hydroxylation is 1. The lowest BCUT2D eigenvalue weighted by Gasteiger charge is -2.34. The van der Waals surface area contributed by atoms with Crippen molar-refractivity contribution in [2.24, 2.45) is 13.0 Å². The highest BCUT2D eigenvalue weighted by Gasteiger charge is 2.29. The average Bonchev–Trinajstić information content (AvgIpc) is 2.79. The molecule has 2 aromatic rings. The summed E-state index contributed by atoms with van der Waals surface area (Å²) in [5.74, 6) is 0.566. The molecular formula is C15H18N4O2. The number of rotatable bonds is 3. The van der Waals surface area contributed by atoms with Gasteiger partial charge in [0.25, 0.3) is 0 Å². The molecule has 1 N–H and O–H groups in total. The maximum Gasteiger partial charge on any atom is 0.308 e. The van der Waals surface area contributed by atoms with Gasteiger partial charge in [0.2, 0.25) is 0 Å². The van der Waals surface area contributed by atoms with Crippen molar-refractivity contribution in [3.8, 4) is 0 Å². The Kier molecular flexibility index (Phi) is 3.37. The van der Waals surface area contributed by atoms with Gasteiger partial charge in [-0.15, -0.1) is 10.2 Å². The van der Waals surface area contributed by atoms with Crippen LogP contribution in [0.25, 0.3) is 0 Å². The van der Waals surface area contributed by atoms with Gasteiger partial charge in [0.1, 0.15) is 5.82 Å². The van der Waals surface area contributed by atoms with Crippen LogP contribution in [0.2, 0.25) is 0 Å². The molecule has 6 nitrogen and oxygen atoms in total. The van der Waals surface area contributed by atoms with Gasteiger partial charge in [0, 0.05) is 19.3 Å². The van der Waals surface area contributed by atoms with E-state index in [9.17, 15) is 9.90 Å². The van der Waals surface area contributed by atoms with Gasteiger partial charge in [-0.05, 0) is 25.0 Å². The number of fused-ring (bicyclic) bond motifs is 1. The summed E-state index contributed by atoms with van der Waals surface area (Å²) in [5, 5.41) is 17.6. The zero-order valence-electron chi connectivity index (χ0n) is 12.2. The van der Waals surface area contributed by atoms with Crippen molar-refractivity contribution in [2.75, 3.05) is 11.4 Å². The fraction of sp³-hybridized carbons (Fsp3) is 0.400. The zero-order valence-corrected chi connectivity index (χ0v) is 12.2. The van der Waals surface area contributed by atoms with Crippen LogP contribution in [0.4, 0.5) is 5.69 Å². The van der Waals surface area contributed by atoms with Crippen LogP contribution in [0.3, 0.4) is 0 Å². The molecule has 0 radical (unpaired) electrons. The second-order valence-corrected chi connectivity index (χ2v) is 5.47. The van der Waals surface area contributed by atoms with Crippen LogP contribution in [0.5, 0.6) is 0 Å². The van der Waals surface area contributed by atoms with Gasteiger partial charge in [0.05, 0.1) is 12.5 Å². The molecule has 0 saturated carbocycles. The number of hydrogen-bond acceptors (Lipinski definition) is 4. The van der Waals surface area contributed by atoms with Gasteiger partial charge in [-0.1, -0.05) is 18.2 Å². The standard InChI is InChI=1S/C15H18N4O2/c1-10-16-17-14(18(10)2)9-19-8-12(15(20)21)7-11-5-3-4-6-13(11)19/h3-6,12H,7-9H2,1-2H3,(H,20,21). The number of anilines is 1. The molecule has 0 fully saturated rings. The molecule has 3 rings (SSSR count). The van der Waals surface area contributed by atoms with Gasteiger partial charge in [0.15, 0.2) is 5.82 Å². The molecule has 0 amide bonds. The molecule has 1 unspecified atom stereocenters. The Hall–Kier alpha value is -2.37. The number of aliphatic carboxylic acids is 1. The van der Waals surface area contributed by atoms with E-state index in [1.54, 1.807) is 0 Å². The quantitative estimate of drug-likeness (QED) is 0.923. The highest BCUT2D eigenvalue weighted by Crippen LogP contribution is 2.30. The predicted molar refractivity (Wildman–Crippen MR) is 78.1 cm³/mol. The third-order valence-corrected chi connectivity index (χ3v) is 4.10. The minimum Gasteiger partial charge on any atom is -0.481 e. The molecule has 0 aliphatic carbocycles. The van der Waals surface area contributed by atoms with E-state index in [2.05, 4.69) is 15.1 Å². The van der Waals surface area contributed by atoms with Crippen LogP contribution in [0.1, 0.15) is 17.2 Å². The lowest BCUT2D eigenvalue weighted by molar-refractivity contribution is -0.141. The van der Waals surface area contributed by atoms with Crippen molar-refractivity contribution >= 4 is 11.7 Å². The maximum absolute atomic E-state index is 11.4. The second-order valence-electron chi connectivity index (χ2n) is 5.47. The highest BCUT2D eigenvalue weighted by atomic mass is 16.4. The Morgan fingerprint density at radius 2 is 2.14 bits per heavy atom. The van der Waals surface area contributed by atoms with Gasteiger partial charge in [-0.25, -0.2) is 0 Å². The fourth-order valence-electron chi connectivity index (χ4n) is 2.76. The van der Waals surface area contributed by atoms with E-state index < -0.39 is 5.97 Å². The van der Waals surface area contributed by atoms with E-state index in [0.29, 0.717) is 19.5 Å². The van der Waals surface area contributed by atoms with Gasteiger partial charge >= 0.3 is 5.97 Å². The van der Waals surface area contributed by atoms with E-state index in [-0.39, 0.29) is 5.92 Å². The summed E-state index contributed by atoms with van der Waals surface area (Å²) in [5.41, 5.74) is 2.17. The van der Waals surface area contributed by atoms with Crippen LogP contribution in [0.15, 0.2) is 24.3 Å². The molecule has 1 aliphatic heterocycles. The second kappa shape index (κ2) is 5.20. The Labute approximate surface area is 123 Å². The first-order valence-corrected chi connectivity index (χ1v) is 6.97. The Morgan fingerprint density at radius 3 is 2.81 bits per heavy atom. The van der Waals surface area contributed by atoms with Gasteiger partial charge in [-0.3, -0.25) is 4.79 Å². The highest BCUT2D eigenvalue weighted by molar-refractivity contribution is 5.73. The molecule has 1 atom stereocenters. The lowest BCUT2D eigenvalue weighted by Crippen LogP contribution is -2.39. The molecule has 2 heterocycles. The molecule has 0 saturated heterocycles. The van der Waals surface area contributed by atoms with Crippen molar-refractivity contribution in [1.29, 1.82) is 0 Å². The Bertz CT molecular complexity index is 680. The molecule has 110 valence electrons. The van der Waals surface area contributed by atoms with E-state index in [4.69, 9.17) is 0 Å². The number of benzene rings is 1. The largest absolute Gasteiger partial charge is 0.481 e. The molecule has 1 aromatic carbocycles. The van der Waals surface area contributed by atoms with Crippen LogP contribution >= 0.6 is 0 Å². The number of aromatic nitrogens is 3. The maximum atomic E-state index is 11.4. The van der Waals surface area contributed by atoms with Crippen molar-refractivity contribution in [2.45, 2.75) is 19.9 Å². The van der Waals surface area contributed by atoms with Crippen LogP contribution in [-0.2, 0) is 24.8 Å². The number of carboxylic acid groups (broad SMARTS) is 1. The normalized spacial score (nSPS) is 17.6. The van der Waals surface area contributed by atoms with Crippen molar-refractivity contribution in [3.63, 3.8) is 0 Å². The number of para-hydroxylation sites is 1. The fourth-order valence-corrected chi connectivity index (χ4v) is 2.76. The summed E-state index contributed by atoms with van der Waals surface area (Å²) in [6, 6.07) is 7.97. The van der Waals surface area contributed by atoms with E-state index in [1.807, 2.05) is 42.8 Å². The summed E-state index contributed by atoms with van der Waals surface area (Å²) in [6.45, 7) is 2.97. The average molecular weight is 286 g/mol. The minimum atomic E-state index is -0.747. The molecule has 6 heteroatoms. The van der Waals surface area contributed by atoms with Gasteiger partial charge in [-0.2, -0.15) is 0 Å². The first kappa shape index (κ1) is 13.6. The van der Waals surface area contributed by atoms with Crippen molar-refractivity contribution < 1.29 is 9.90 Å². The molecule has 0 spiro atoms. The molecule has 21 heavy (non-hydrogen) atoms. The third kappa shape index (κ3) is 2.49. The number of carbonyl (C=O) groups is 1. The minimum absolute atomic E-state index is 0.380. The summed E-state index contributed by atoms with van der Waals surface area (Å²) in [6.07, 6.45) is 0.583. The first-order chi connectivity index (χ1) is 10.1. The molecule has 1 aromatic heterocycles. The number of nitrogens with zero attached hydrogens (tertiary/aromatic N) is 4. The van der Waals surface area contributed by atoms with Crippen molar-refractivity contribution in [3.05, 3.63) is 41.5 Å². The predicted octanol–water partition coefficient (Wildman–Crippen LogP) is 1.39. The number of hydrogen-bond donors (Lipinski definition) is 1. The molecule has 1 aliphatic rings. The van der Waals surface area contributed by atoms with Crippen molar-refractivity contribution in [1.82, 2.24) is 14.8 Å². The van der Waals surface area contributed by atoms with E-state index >= 15 is 0 Å². The van der Waals surface area contributed by atoms with E-state index in [0.717, 1.165) is 22.9 Å². The zero-order chi connectivity index (χ0) is 15.0. The van der Waals surface area contributed by atoms with E-state index in [1.165, 1.54) is 0 Å². The number of carboxylic acids is 1. The smallest absolute Gasteiger partial charge is 0.308 e. The monoisotopic (exact) mass is 286 g/mol. The van der Waals surface area contributed by atoms with Crippen LogP contribution < -0.4 is 4.90 Å². The topological polar surface area (TPSA) is 71.2 Å². The lowest BCUT2D eigenvalue weighted by atomic mass is 9.92. The summed E-state index contributed by atoms with van der Waals surface area (Å²) in [7, 11) is 1.93. The summed E-state index contributed by atoms with van der Waals surface area (Å²) in [4.78, 5) is 13.5. The SMILES string of the molecule is Cc1nnc(CN2CC(C(=O)O)Cc3ccccc32)n1C. The third-order valence-electron chi connectivity index (χ3n) is 4.10. The molecular weight excluding hydrogens is 268 g/mol. The summed E-state index contributed by atoms with van der Waals surface area (Å²) < 4.78 is 1.94. The Morgan fingerprint density at radius 1 is 1.38 bits per heavy atom. The molecule has 0 bridgehead atoms. The van der Waals surface area contributed by atoms with Crippen LogP contribution in [-0.4, -0.2) is 32.4 Å². The van der Waals surface area contributed by atoms with Gasteiger partial charge < -0.3 is 14.6 Å². The van der Waals surface area contributed by atoms with Crippen LogP contribution in [0, 0.1) is 12.8 Å².